The van der Waals surface area contributed by atoms with E-state index >= 15 is 0 Å². The van der Waals surface area contributed by atoms with Gasteiger partial charge in [0.15, 0.2) is 0 Å². The summed E-state index contributed by atoms with van der Waals surface area (Å²) in [4.78, 5) is 24.2. The van der Waals surface area contributed by atoms with Crippen molar-refractivity contribution in [3.8, 4) is 0 Å². The SMILES string of the molecule is CC1=CC(=O)N(COCCCOC2CC3C=CC2C3)C1=O. The maximum absolute atomic E-state index is 11.6. The first-order valence-electron chi connectivity index (χ1n) is 7.57. The van der Waals surface area contributed by atoms with Crippen LogP contribution >= 0.6 is 0 Å². The Kier molecular flexibility index (Phi) is 4.22. The maximum Gasteiger partial charge on any atom is 0.258 e. The molecule has 0 spiro atoms. The third-order valence-corrected chi connectivity index (χ3v) is 4.39. The van der Waals surface area contributed by atoms with Crippen molar-refractivity contribution in [1.82, 2.24) is 4.90 Å². The van der Waals surface area contributed by atoms with Crippen LogP contribution in [0.5, 0.6) is 0 Å². The Hall–Kier alpha value is -1.46. The van der Waals surface area contributed by atoms with Crippen molar-refractivity contribution in [2.75, 3.05) is 19.9 Å². The number of ether oxygens (including phenoxy) is 2. The molecule has 2 aliphatic carbocycles. The minimum absolute atomic E-state index is 0.0301. The predicted octanol–water partition coefficient (Wildman–Crippen LogP) is 1.65. The van der Waals surface area contributed by atoms with E-state index in [4.69, 9.17) is 9.47 Å². The molecule has 3 rings (SSSR count). The average Bonchev–Trinajstić information content (AvgIpc) is 3.13. The molecule has 5 heteroatoms. The molecule has 1 fully saturated rings. The number of allylic oxidation sites excluding steroid dienone is 1. The van der Waals surface area contributed by atoms with Crippen LogP contribution in [0, 0.1) is 11.8 Å². The lowest BCUT2D eigenvalue weighted by Crippen LogP contribution is -2.33. The molecule has 5 nitrogen and oxygen atoms in total. The number of hydrogen-bond donors (Lipinski definition) is 0. The molecular formula is C16H21NO4. The van der Waals surface area contributed by atoms with Crippen LogP contribution < -0.4 is 0 Å². The third-order valence-electron chi connectivity index (χ3n) is 4.39. The van der Waals surface area contributed by atoms with Gasteiger partial charge in [-0.3, -0.25) is 14.5 Å². The number of carbonyl (C=O) groups excluding carboxylic acids is 2. The minimum Gasteiger partial charge on any atom is -0.377 e. The number of fused-ring (bicyclic) bond motifs is 2. The highest BCUT2D eigenvalue weighted by Crippen LogP contribution is 2.40. The summed E-state index contributed by atoms with van der Waals surface area (Å²) in [6.07, 6.45) is 9.45. The van der Waals surface area contributed by atoms with E-state index in [9.17, 15) is 9.59 Å². The van der Waals surface area contributed by atoms with Crippen LogP contribution in [0.2, 0.25) is 0 Å². The van der Waals surface area contributed by atoms with Crippen molar-refractivity contribution in [2.24, 2.45) is 11.8 Å². The van der Waals surface area contributed by atoms with Gasteiger partial charge in [-0.05, 0) is 32.1 Å². The van der Waals surface area contributed by atoms with E-state index in [1.807, 2.05) is 0 Å². The Labute approximate surface area is 124 Å². The summed E-state index contributed by atoms with van der Waals surface area (Å²) in [5, 5.41) is 0. The first-order chi connectivity index (χ1) is 10.1. The van der Waals surface area contributed by atoms with Crippen molar-refractivity contribution >= 4 is 11.8 Å². The van der Waals surface area contributed by atoms with Gasteiger partial charge in [0.25, 0.3) is 11.8 Å². The molecule has 0 N–H and O–H groups in total. The fraction of sp³-hybridized carbons (Fsp3) is 0.625. The van der Waals surface area contributed by atoms with Gasteiger partial charge in [-0.15, -0.1) is 0 Å². The van der Waals surface area contributed by atoms with E-state index < -0.39 is 0 Å². The van der Waals surface area contributed by atoms with Crippen LogP contribution in [0.25, 0.3) is 0 Å². The van der Waals surface area contributed by atoms with Crippen LogP contribution in [-0.2, 0) is 19.1 Å². The molecule has 1 heterocycles. The van der Waals surface area contributed by atoms with Crippen LogP contribution in [0.1, 0.15) is 26.2 Å². The zero-order valence-corrected chi connectivity index (χ0v) is 12.3. The first-order valence-corrected chi connectivity index (χ1v) is 7.57. The van der Waals surface area contributed by atoms with Crippen LogP contribution in [0.15, 0.2) is 23.8 Å². The van der Waals surface area contributed by atoms with Gasteiger partial charge >= 0.3 is 0 Å². The Morgan fingerprint density at radius 2 is 2.10 bits per heavy atom. The van der Waals surface area contributed by atoms with Gasteiger partial charge in [0.1, 0.15) is 6.73 Å². The molecule has 3 aliphatic rings. The molecule has 114 valence electrons. The third kappa shape index (κ3) is 3.09. The zero-order valence-electron chi connectivity index (χ0n) is 12.3. The largest absolute Gasteiger partial charge is 0.377 e. The van der Waals surface area contributed by atoms with Crippen molar-refractivity contribution in [2.45, 2.75) is 32.3 Å². The molecule has 0 aromatic heterocycles. The molecule has 21 heavy (non-hydrogen) atoms. The lowest BCUT2D eigenvalue weighted by atomic mass is 10.0. The molecular weight excluding hydrogens is 270 g/mol. The van der Waals surface area contributed by atoms with Crippen LogP contribution in [-0.4, -0.2) is 42.8 Å². The number of rotatable bonds is 7. The smallest absolute Gasteiger partial charge is 0.258 e. The summed E-state index contributed by atoms with van der Waals surface area (Å²) in [5.41, 5.74) is 0.469. The van der Waals surface area contributed by atoms with E-state index in [1.165, 1.54) is 12.5 Å². The summed E-state index contributed by atoms with van der Waals surface area (Å²) in [6, 6.07) is 0. The van der Waals surface area contributed by atoms with E-state index in [1.54, 1.807) is 6.92 Å². The van der Waals surface area contributed by atoms with Crippen molar-refractivity contribution in [1.29, 1.82) is 0 Å². The van der Waals surface area contributed by atoms with E-state index in [0.717, 1.165) is 23.7 Å². The monoisotopic (exact) mass is 291 g/mol. The number of carbonyl (C=O) groups is 2. The summed E-state index contributed by atoms with van der Waals surface area (Å²) >= 11 is 0. The van der Waals surface area contributed by atoms with Gasteiger partial charge < -0.3 is 9.47 Å². The molecule has 2 bridgehead atoms. The zero-order chi connectivity index (χ0) is 14.8. The second-order valence-electron chi connectivity index (χ2n) is 5.98. The normalized spacial score (nSPS) is 30.6. The summed E-state index contributed by atoms with van der Waals surface area (Å²) in [5.74, 6) is 0.775. The predicted molar refractivity (Wildman–Crippen MR) is 76.1 cm³/mol. The second kappa shape index (κ2) is 6.12. The van der Waals surface area contributed by atoms with Crippen molar-refractivity contribution in [3.05, 3.63) is 23.8 Å². The minimum atomic E-state index is -0.289. The molecule has 0 aromatic rings. The molecule has 1 aliphatic heterocycles. The standard InChI is InChI=1S/C16H21NO4/c1-11-7-15(18)17(16(11)19)10-20-5-2-6-21-14-9-12-3-4-13(14)8-12/h3-4,7,12-14H,2,5-6,8-10H2,1H3. The molecule has 0 aromatic carbocycles. The number of nitrogens with zero attached hydrogens (tertiary/aromatic N) is 1. The molecule has 3 atom stereocenters. The maximum atomic E-state index is 11.6. The van der Waals surface area contributed by atoms with E-state index in [-0.39, 0.29) is 18.5 Å². The summed E-state index contributed by atoms with van der Waals surface area (Å²) in [7, 11) is 0. The van der Waals surface area contributed by atoms with Gasteiger partial charge in [0.2, 0.25) is 0 Å². The van der Waals surface area contributed by atoms with Crippen LogP contribution in [0.4, 0.5) is 0 Å². The molecule has 2 amide bonds. The Morgan fingerprint density at radius 1 is 1.24 bits per heavy atom. The van der Waals surface area contributed by atoms with Gasteiger partial charge in [-0.2, -0.15) is 0 Å². The molecule has 3 unspecified atom stereocenters. The van der Waals surface area contributed by atoms with Gasteiger partial charge in [-0.25, -0.2) is 0 Å². The highest BCUT2D eigenvalue weighted by molar-refractivity contribution is 6.15. The topological polar surface area (TPSA) is 55.8 Å². The molecule has 0 saturated heterocycles. The quantitative estimate of drug-likeness (QED) is 0.406. The summed E-state index contributed by atoms with van der Waals surface area (Å²) in [6.45, 7) is 2.83. The van der Waals surface area contributed by atoms with Gasteiger partial charge in [-0.1, -0.05) is 12.2 Å². The Morgan fingerprint density at radius 3 is 2.71 bits per heavy atom. The number of imide groups is 1. The lowest BCUT2D eigenvalue weighted by molar-refractivity contribution is -0.143. The van der Waals surface area contributed by atoms with Crippen molar-refractivity contribution < 1.29 is 19.1 Å². The first kappa shape index (κ1) is 14.5. The molecule has 1 saturated carbocycles. The second-order valence-corrected chi connectivity index (χ2v) is 5.98. The fourth-order valence-electron chi connectivity index (χ4n) is 3.23. The number of amides is 2. The fourth-order valence-corrected chi connectivity index (χ4v) is 3.23. The highest BCUT2D eigenvalue weighted by Gasteiger charge is 2.36. The lowest BCUT2D eigenvalue weighted by Gasteiger charge is -2.19. The van der Waals surface area contributed by atoms with E-state index in [2.05, 4.69) is 12.2 Å². The highest BCUT2D eigenvalue weighted by atomic mass is 16.5. The molecule has 0 radical (unpaired) electrons. The van der Waals surface area contributed by atoms with Gasteiger partial charge in [0.05, 0.1) is 12.7 Å². The van der Waals surface area contributed by atoms with Crippen LogP contribution in [0.3, 0.4) is 0 Å². The Bertz CT molecular complexity index is 497. The number of hydrogen-bond acceptors (Lipinski definition) is 4. The van der Waals surface area contributed by atoms with Gasteiger partial charge in [0, 0.05) is 24.2 Å². The van der Waals surface area contributed by atoms with E-state index in [0.29, 0.717) is 30.8 Å². The Balaban J connectivity index is 1.27. The average molecular weight is 291 g/mol. The summed E-state index contributed by atoms with van der Waals surface area (Å²) < 4.78 is 11.3. The van der Waals surface area contributed by atoms with Crippen molar-refractivity contribution in [3.63, 3.8) is 0 Å².